The molecule has 26 heavy (non-hydrogen) atoms. The van der Waals surface area contributed by atoms with E-state index in [2.05, 4.69) is 61.3 Å². The van der Waals surface area contributed by atoms with Crippen molar-refractivity contribution in [3.05, 3.63) is 54.0 Å². The Morgan fingerprint density at radius 3 is 2.50 bits per heavy atom. The molecule has 0 spiro atoms. The number of benzene rings is 1. The van der Waals surface area contributed by atoms with Gasteiger partial charge in [-0.1, -0.05) is 56.8 Å². The molecule has 1 atom stereocenters. The van der Waals surface area contributed by atoms with Crippen LogP contribution in [-0.2, 0) is 12.0 Å². The predicted molar refractivity (Wildman–Crippen MR) is 103 cm³/mol. The van der Waals surface area contributed by atoms with Crippen LogP contribution >= 0.6 is 11.8 Å². The summed E-state index contributed by atoms with van der Waals surface area (Å²) in [6.07, 6.45) is 1.65. The van der Waals surface area contributed by atoms with Gasteiger partial charge in [-0.3, -0.25) is 4.57 Å². The topological polar surface area (TPSA) is 67.6 Å². The number of hydrogen-bond acceptors (Lipinski definition) is 5. The van der Waals surface area contributed by atoms with Crippen molar-refractivity contribution < 1.29 is 4.42 Å². The van der Waals surface area contributed by atoms with Crippen molar-refractivity contribution in [1.82, 2.24) is 14.8 Å². The first kappa shape index (κ1) is 18.3. The highest BCUT2D eigenvalue weighted by atomic mass is 32.2. The van der Waals surface area contributed by atoms with Crippen molar-refractivity contribution >= 4 is 11.8 Å². The third-order valence-corrected chi connectivity index (χ3v) is 5.06. The summed E-state index contributed by atoms with van der Waals surface area (Å²) in [5, 5.41) is 18.3. The van der Waals surface area contributed by atoms with Crippen LogP contribution in [0.2, 0.25) is 0 Å². The standard InChI is InChI=1S/C20H22N4OS/c1-14(12-21)26-19-23-22-18(24(19)13-17-6-5-11-25-17)15-7-9-16(10-8-15)20(2,3)4/h5-11,14H,13H2,1-4H3. The lowest BCUT2D eigenvalue weighted by Crippen LogP contribution is -2.10. The van der Waals surface area contributed by atoms with Crippen molar-refractivity contribution in [2.75, 3.05) is 0 Å². The van der Waals surface area contributed by atoms with Gasteiger partial charge in [-0.05, 0) is 30.0 Å². The Labute approximate surface area is 158 Å². The minimum Gasteiger partial charge on any atom is -0.467 e. The highest BCUT2D eigenvalue weighted by molar-refractivity contribution is 8.00. The Morgan fingerprint density at radius 1 is 1.19 bits per heavy atom. The Balaban J connectivity index is 1.99. The molecule has 3 aromatic rings. The molecule has 2 aromatic heterocycles. The summed E-state index contributed by atoms with van der Waals surface area (Å²) in [4.78, 5) is 0. The van der Waals surface area contributed by atoms with Gasteiger partial charge in [0.1, 0.15) is 5.76 Å². The molecule has 0 aliphatic carbocycles. The number of nitrogens with zero attached hydrogens (tertiary/aromatic N) is 4. The van der Waals surface area contributed by atoms with E-state index < -0.39 is 0 Å². The second kappa shape index (κ2) is 7.38. The molecule has 134 valence electrons. The van der Waals surface area contributed by atoms with Crippen molar-refractivity contribution in [1.29, 1.82) is 5.26 Å². The summed E-state index contributed by atoms with van der Waals surface area (Å²) >= 11 is 1.40. The van der Waals surface area contributed by atoms with E-state index in [0.717, 1.165) is 17.1 Å². The van der Waals surface area contributed by atoms with Crippen LogP contribution in [0.25, 0.3) is 11.4 Å². The molecular formula is C20H22N4OS. The van der Waals surface area contributed by atoms with Gasteiger partial charge >= 0.3 is 0 Å². The molecule has 0 saturated carbocycles. The fourth-order valence-electron chi connectivity index (χ4n) is 2.59. The Bertz CT molecular complexity index is 899. The number of hydrogen-bond donors (Lipinski definition) is 0. The molecule has 0 saturated heterocycles. The fourth-order valence-corrected chi connectivity index (χ4v) is 3.33. The highest BCUT2D eigenvalue weighted by Crippen LogP contribution is 2.29. The van der Waals surface area contributed by atoms with Crippen molar-refractivity contribution in [3.8, 4) is 17.5 Å². The summed E-state index contributed by atoms with van der Waals surface area (Å²) in [7, 11) is 0. The third kappa shape index (κ3) is 4.00. The second-order valence-electron chi connectivity index (χ2n) is 7.19. The minimum atomic E-state index is -0.203. The number of rotatable bonds is 5. The summed E-state index contributed by atoms with van der Waals surface area (Å²) < 4.78 is 7.50. The molecule has 2 heterocycles. The average Bonchev–Trinajstić information content (AvgIpc) is 3.25. The zero-order valence-electron chi connectivity index (χ0n) is 15.4. The maximum Gasteiger partial charge on any atom is 0.193 e. The highest BCUT2D eigenvalue weighted by Gasteiger charge is 2.19. The lowest BCUT2D eigenvalue weighted by atomic mass is 9.87. The van der Waals surface area contributed by atoms with E-state index in [4.69, 9.17) is 9.68 Å². The molecule has 0 radical (unpaired) electrons. The van der Waals surface area contributed by atoms with Gasteiger partial charge in [-0.2, -0.15) is 5.26 Å². The van der Waals surface area contributed by atoms with Gasteiger partial charge < -0.3 is 4.42 Å². The molecule has 6 heteroatoms. The maximum atomic E-state index is 9.13. The molecule has 0 N–H and O–H groups in total. The lowest BCUT2D eigenvalue weighted by Gasteiger charge is -2.19. The van der Waals surface area contributed by atoms with Crippen LogP contribution in [-0.4, -0.2) is 20.0 Å². The average molecular weight is 366 g/mol. The van der Waals surface area contributed by atoms with E-state index in [1.54, 1.807) is 6.26 Å². The molecule has 0 fully saturated rings. The van der Waals surface area contributed by atoms with Gasteiger partial charge in [-0.15, -0.1) is 10.2 Å². The summed E-state index contributed by atoms with van der Waals surface area (Å²) in [6, 6.07) is 14.4. The van der Waals surface area contributed by atoms with Crippen LogP contribution < -0.4 is 0 Å². The molecule has 0 amide bonds. The Kier molecular flexibility index (Phi) is 5.19. The summed E-state index contributed by atoms with van der Waals surface area (Å²) in [5.41, 5.74) is 2.36. The molecule has 1 unspecified atom stereocenters. The molecule has 1 aromatic carbocycles. The van der Waals surface area contributed by atoms with Crippen LogP contribution in [0, 0.1) is 11.3 Å². The van der Waals surface area contributed by atoms with E-state index in [-0.39, 0.29) is 10.7 Å². The number of furan rings is 1. The second-order valence-corrected chi connectivity index (χ2v) is 8.50. The molecule has 5 nitrogen and oxygen atoms in total. The lowest BCUT2D eigenvalue weighted by molar-refractivity contribution is 0.485. The van der Waals surface area contributed by atoms with Crippen LogP contribution in [0.4, 0.5) is 0 Å². The third-order valence-electron chi connectivity index (χ3n) is 4.08. The first-order valence-corrected chi connectivity index (χ1v) is 9.39. The molecule has 0 aliphatic heterocycles. The zero-order chi connectivity index (χ0) is 18.7. The van der Waals surface area contributed by atoms with E-state index in [0.29, 0.717) is 11.7 Å². The van der Waals surface area contributed by atoms with Gasteiger partial charge in [0.25, 0.3) is 0 Å². The molecule has 0 aliphatic rings. The van der Waals surface area contributed by atoms with Crippen molar-refractivity contribution in [2.45, 2.75) is 50.1 Å². The quantitative estimate of drug-likeness (QED) is 0.602. The Morgan fingerprint density at radius 2 is 1.92 bits per heavy atom. The molecule has 0 bridgehead atoms. The van der Waals surface area contributed by atoms with Crippen LogP contribution in [0.1, 0.15) is 39.0 Å². The minimum absolute atomic E-state index is 0.101. The monoisotopic (exact) mass is 366 g/mol. The van der Waals surface area contributed by atoms with Gasteiger partial charge in [-0.25, -0.2) is 0 Å². The van der Waals surface area contributed by atoms with Crippen molar-refractivity contribution in [2.24, 2.45) is 0 Å². The first-order valence-electron chi connectivity index (χ1n) is 8.51. The molecule has 3 rings (SSSR count). The van der Waals surface area contributed by atoms with E-state index in [9.17, 15) is 0 Å². The van der Waals surface area contributed by atoms with Crippen LogP contribution in [0.3, 0.4) is 0 Å². The van der Waals surface area contributed by atoms with Crippen LogP contribution in [0.15, 0.2) is 52.2 Å². The molecular weight excluding hydrogens is 344 g/mol. The summed E-state index contributed by atoms with van der Waals surface area (Å²) in [6.45, 7) is 8.96. The van der Waals surface area contributed by atoms with Crippen molar-refractivity contribution in [3.63, 3.8) is 0 Å². The maximum absolute atomic E-state index is 9.13. The van der Waals surface area contributed by atoms with Crippen LogP contribution in [0.5, 0.6) is 0 Å². The first-order chi connectivity index (χ1) is 12.4. The van der Waals surface area contributed by atoms with E-state index in [1.165, 1.54) is 17.3 Å². The summed E-state index contributed by atoms with van der Waals surface area (Å²) in [5.74, 6) is 1.60. The Hall–Kier alpha value is -2.52. The van der Waals surface area contributed by atoms with E-state index in [1.807, 2.05) is 23.6 Å². The van der Waals surface area contributed by atoms with Gasteiger partial charge in [0.2, 0.25) is 0 Å². The fraction of sp³-hybridized carbons (Fsp3) is 0.350. The van der Waals surface area contributed by atoms with Gasteiger partial charge in [0, 0.05) is 5.56 Å². The van der Waals surface area contributed by atoms with Gasteiger partial charge in [0.15, 0.2) is 11.0 Å². The van der Waals surface area contributed by atoms with E-state index >= 15 is 0 Å². The smallest absolute Gasteiger partial charge is 0.193 e. The predicted octanol–water partition coefficient (Wildman–Crippen LogP) is 4.89. The zero-order valence-corrected chi connectivity index (χ0v) is 16.2. The normalized spacial score (nSPS) is 12.7. The number of aromatic nitrogens is 3. The SMILES string of the molecule is CC(C#N)Sc1nnc(-c2ccc(C(C)(C)C)cc2)n1Cc1ccco1. The number of thioether (sulfide) groups is 1. The number of nitriles is 1. The largest absolute Gasteiger partial charge is 0.467 e. The van der Waals surface area contributed by atoms with Gasteiger partial charge in [0.05, 0.1) is 24.1 Å².